The molecule has 10 heteroatoms. The molecule has 200 valence electrons. The fourth-order valence-electron chi connectivity index (χ4n) is 4.83. The van der Waals surface area contributed by atoms with E-state index in [-0.39, 0.29) is 13.3 Å². The van der Waals surface area contributed by atoms with Crippen LogP contribution in [-0.4, -0.2) is 53.2 Å². The summed E-state index contributed by atoms with van der Waals surface area (Å²) in [7, 11) is -1.27. The maximum Gasteiger partial charge on any atom is 0.416 e. The number of nitriles is 1. The Morgan fingerprint density at radius 3 is 2.66 bits per heavy atom. The molecular formula is C28H35N5O4Si. The molecule has 1 unspecified atom stereocenters. The molecule has 0 spiro atoms. The van der Waals surface area contributed by atoms with Crippen molar-refractivity contribution in [2.75, 3.05) is 19.8 Å². The Balaban J connectivity index is 1.91. The zero-order valence-electron chi connectivity index (χ0n) is 22.6. The normalized spacial score (nSPS) is 12.7. The second-order valence-corrected chi connectivity index (χ2v) is 16.2. The van der Waals surface area contributed by atoms with E-state index in [9.17, 15) is 15.2 Å². The van der Waals surface area contributed by atoms with Crippen molar-refractivity contribution in [2.24, 2.45) is 5.73 Å². The van der Waals surface area contributed by atoms with Crippen molar-refractivity contribution in [3.05, 3.63) is 59.0 Å². The van der Waals surface area contributed by atoms with Crippen molar-refractivity contribution in [3.8, 4) is 11.8 Å². The van der Waals surface area contributed by atoms with Gasteiger partial charge in [-0.05, 0) is 55.8 Å². The maximum atomic E-state index is 12.0. The highest BCUT2D eigenvalue weighted by Crippen LogP contribution is 2.40. The van der Waals surface area contributed by atoms with Crippen molar-refractivity contribution in [1.82, 2.24) is 14.1 Å². The topological polar surface area (TPSA) is 128 Å². The number of ether oxygens (including phenoxy) is 2. The lowest BCUT2D eigenvalue weighted by Crippen LogP contribution is -2.23. The van der Waals surface area contributed by atoms with E-state index in [0.717, 1.165) is 28.1 Å². The van der Waals surface area contributed by atoms with Crippen LogP contribution < -0.4 is 10.5 Å². The highest BCUT2D eigenvalue weighted by molar-refractivity contribution is 6.76. The molecule has 2 heterocycles. The molecule has 0 fully saturated rings. The van der Waals surface area contributed by atoms with Crippen molar-refractivity contribution in [1.29, 1.82) is 5.26 Å². The van der Waals surface area contributed by atoms with Gasteiger partial charge in [0.15, 0.2) is 0 Å². The minimum absolute atomic E-state index is 0.208. The second kappa shape index (κ2) is 11.0. The number of imidazole rings is 1. The molecule has 3 N–H and O–H groups in total. The molecular weight excluding hydrogens is 498 g/mol. The van der Waals surface area contributed by atoms with Crippen LogP contribution >= 0.6 is 0 Å². The first-order valence-electron chi connectivity index (χ1n) is 12.8. The molecule has 0 aliphatic heterocycles. The third-order valence-electron chi connectivity index (χ3n) is 6.69. The molecule has 2 aromatic heterocycles. The van der Waals surface area contributed by atoms with E-state index in [1.54, 1.807) is 24.4 Å². The number of rotatable bonds is 10. The number of aryl methyl sites for hydroxylation is 1. The number of carboxylic acid groups (broad SMARTS) is 1. The van der Waals surface area contributed by atoms with Crippen LogP contribution in [0.1, 0.15) is 35.4 Å². The van der Waals surface area contributed by atoms with Gasteiger partial charge in [0, 0.05) is 38.4 Å². The molecule has 0 saturated carbocycles. The van der Waals surface area contributed by atoms with E-state index < -0.39 is 20.1 Å². The van der Waals surface area contributed by atoms with Gasteiger partial charge in [-0.3, -0.25) is 4.57 Å². The van der Waals surface area contributed by atoms with Gasteiger partial charge in [0.1, 0.15) is 18.3 Å². The lowest BCUT2D eigenvalue weighted by Gasteiger charge is -2.23. The first kappa shape index (κ1) is 27.4. The standard InChI is InChI=1S/C28H35N5O4Si/c1-6-37-24-13-18(2)26-20(9-10-32(26)28(34)35)25(24)21(16-30)27-31-22-14-19(15-29)7-8-23(22)33(27)17-36-11-12-38(3,4)5/h7-10,13-14,21H,6,11-12,16-17,30H2,1-5H3,(H,34,35). The summed E-state index contributed by atoms with van der Waals surface area (Å²) in [4.78, 5) is 16.9. The first-order valence-corrected chi connectivity index (χ1v) is 16.5. The van der Waals surface area contributed by atoms with E-state index in [1.165, 1.54) is 4.57 Å². The fourth-order valence-corrected chi connectivity index (χ4v) is 5.58. The third kappa shape index (κ3) is 5.31. The Morgan fingerprint density at radius 2 is 2.03 bits per heavy atom. The summed E-state index contributed by atoms with van der Waals surface area (Å²) < 4.78 is 15.4. The zero-order chi connectivity index (χ0) is 27.6. The third-order valence-corrected chi connectivity index (χ3v) is 8.39. The summed E-state index contributed by atoms with van der Waals surface area (Å²) in [6.07, 6.45) is 0.489. The number of aromatic nitrogens is 3. The first-order chi connectivity index (χ1) is 18.1. The summed E-state index contributed by atoms with van der Waals surface area (Å²) in [5.41, 5.74) is 10.6. The van der Waals surface area contributed by atoms with Crippen LogP contribution in [0, 0.1) is 18.3 Å². The average molecular weight is 534 g/mol. The highest BCUT2D eigenvalue weighted by atomic mass is 28.3. The highest BCUT2D eigenvalue weighted by Gasteiger charge is 2.28. The number of nitrogens with zero attached hydrogens (tertiary/aromatic N) is 4. The molecule has 2 aromatic carbocycles. The smallest absolute Gasteiger partial charge is 0.416 e. The van der Waals surface area contributed by atoms with E-state index in [1.807, 2.05) is 30.5 Å². The van der Waals surface area contributed by atoms with Gasteiger partial charge in [0.05, 0.1) is 40.7 Å². The summed E-state index contributed by atoms with van der Waals surface area (Å²) in [5.74, 6) is 0.912. The largest absolute Gasteiger partial charge is 0.494 e. The second-order valence-electron chi connectivity index (χ2n) is 10.6. The van der Waals surface area contributed by atoms with E-state index in [2.05, 4.69) is 25.7 Å². The van der Waals surface area contributed by atoms with Crippen LogP contribution in [0.15, 0.2) is 36.5 Å². The van der Waals surface area contributed by atoms with Crippen LogP contribution in [0.4, 0.5) is 4.79 Å². The molecule has 1 atom stereocenters. The SMILES string of the molecule is CCOc1cc(C)c2c(ccn2C(=O)O)c1C(CN)c1nc2cc(C#N)ccc2n1COCC[Si](C)(C)C. The van der Waals surface area contributed by atoms with Gasteiger partial charge in [-0.15, -0.1) is 0 Å². The Morgan fingerprint density at radius 1 is 1.26 bits per heavy atom. The van der Waals surface area contributed by atoms with Crippen LogP contribution in [0.5, 0.6) is 5.75 Å². The Labute approximate surface area is 223 Å². The van der Waals surface area contributed by atoms with Gasteiger partial charge >= 0.3 is 6.09 Å². The minimum atomic E-state index is -1.27. The average Bonchev–Trinajstić information content (AvgIpc) is 3.46. The molecule has 4 rings (SSSR count). The summed E-state index contributed by atoms with van der Waals surface area (Å²) >= 11 is 0. The molecule has 0 radical (unpaired) electrons. The molecule has 38 heavy (non-hydrogen) atoms. The Kier molecular flexibility index (Phi) is 7.92. The lowest BCUT2D eigenvalue weighted by molar-refractivity contribution is 0.0874. The van der Waals surface area contributed by atoms with Crippen LogP contribution in [0.25, 0.3) is 21.9 Å². The monoisotopic (exact) mass is 533 g/mol. The van der Waals surface area contributed by atoms with E-state index in [0.29, 0.717) is 41.4 Å². The predicted octanol–water partition coefficient (Wildman–Crippen LogP) is 5.50. The van der Waals surface area contributed by atoms with Crippen molar-refractivity contribution < 1.29 is 19.4 Å². The summed E-state index contributed by atoms with van der Waals surface area (Å²) in [6, 6.07) is 12.3. The van der Waals surface area contributed by atoms with Crippen LogP contribution in [0.2, 0.25) is 25.7 Å². The lowest BCUT2D eigenvalue weighted by atomic mass is 9.92. The fraction of sp³-hybridized carbons (Fsp3) is 0.393. The number of fused-ring (bicyclic) bond motifs is 2. The van der Waals surface area contributed by atoms with Gasteiger partial charge in [-0.2, -0.15) is 5.26 Å². The van der Waals surface area contributed by atoms with Crippen molar-refractivity contribution in [2.45, 2.75) is 52.2 Å². The van der Waals surface area contributed by atoms with Gasteiger partial charge in [0.25, 0.3) is 0 Å². The summed E-state index contributed by atoms with van der Waals surface area (Å²) in [6.45, 7) is 12.3. The predicted molar refractivity (Wildman–Crippen MR) is 151 cm³/mol. The molecule has 9 nitrogen and oxygen atoms in total. The van der Waals surface area contributed by atoms with Crippen molar-refractivity contribution >= 4 is 36.1 Å². The Hall–Kier alpha value is -3.65. The number of benzene rings is 2. The molecule has 0 bridgehead atoms. The van der Waals surface area contributed by atoms with Crippen molar-refractivity contribution in [3.63, 3.8) is 0 Å². The molecule has 0 aliphatic carbocycles. The van der Waals surface area contributed by atoms with E-state index >= 15 is 0 Å². The number of hydrogen-bond donors (Lipinski definition) is 2. The zero-order valence-corrected chi connectivity index (χ0v) is 23.6. The minimum Gasteiger partial charge on any atom is -0.494 e. The van der Waals surface area contributed by atoms with Gasteiger partial charge in [-0.1, -0.05) is 19.6 Å². The molecule has 0 amide bonds. The molecule has 0 aliphatic rings. The van der Waals surface area contributed by atoms with Gasteiger partial charge < -0.3 is 24.9 Å². The molecule has 0 saturated heterocycles. The summed E-state index contributed by atoms with van der Waals surface area (Å²) in [5, 5.41) is 20.0. The Bertz CT molecular complexity index is 1530. The quantitative estimate of drug-likeness (QED) is 0.203. The number of hydrogen-bond acceptors (Lipinski definition) is 6. The van der Waals surface area contributed by atoms with Crippen LogP contribution in [-0.2, 0) is 11.5 Å². The number of carbonyl (C=O) groups is 1. The number of nitrogens with two attached hydrogens (primary N) is 1. The van der Waals surface area contributed by atoms with Gasteiger partial charge in [0.2, 0.25) is 0 Å². The van der Waals surface area contributed by atoms with Crippen LogP contribution in [0.3, 0.4) is 0 Å². The maximum absolute atomic E-state index is 12.0. The van der Waals surface area contributed by atoms with E-state index in [4.69, 9.17) is 20.2 Å². The van der Waals surface area contributed by atoms with Gasteiger partial charge in [-0.25, -0.2) is 9.78 Å². The molecule has 4 aromatic rings.